The number of aromatic nitrogens is 2. The van der Waals surface area contributed by atoms with Gasteiger partial charge in [-0.1, -0.05) is 35.0 Å². The van der Waals surface area contributed by atoms with Gasteiger partial charge in [0, 0.05) is 31.5 Å². The van der Waals surface area contributed by atoms with Gasteiger partial charge in [-0.25, -0.2) is 0 Å². The summed E-state index contributed by atoms with van der Waals surface area (Å²) >= 11 is 6.04. The van der Waals surface area contributed by atoms with Gasteiger partial charge in [-0.3, -0.25) is 0 Å². The predicted molar refractivity (Wildman–Crippen MR) is 65.9 cm³/mol. The molecule has 0 saturated carbocycles. The number of nitrogens with zero attached hydrogens (tertiary/aromatic N) is 2. The van der Waals surface area contributed by atoms with E-state index in [1.165, 1.54) is 0 Å². The molecule has 4 nitrogen and oxygen atoms in total. The lowest BCUT2D eigenvalue weighted by Gasteiger charge is -2.04. The van der Waals surface area contributed by atoms with Gasteiger partial charge >= 0.3 is 0 Å². The standard InChI is InChI=1S/C12H14ClN3O/c1-9-15-12(16-17-9)6-7-14-8-10-4-2-3-5-11(10)13/h2-5,14H,6-8H2,1H3. The van der Waals surface area contributed by atoms with Crippen molar-refractivity contribution in [3.05, 3.63) is 46.6 Å². The summed E-state index contributed by atoms with van der Waals surface area (Å²) in [5.74, 6) is 1.33. The first-order valence-electron chi connectivity index (χ1n) is 5.49. The van der Waals surface area contributed by atoms with Crippen LogP contribution in [-0.2, 0) is 13.0 Å². The van der Waals surface area contributed by atoms with Crippen LogP contribution < -0.4 is 5.32 Å². The Labute approximate surface area is 105 Å². The van der Waals surface area contributed by atoms with Crippen LogP contribution in [0.15, 0.2) is 28.8 Å². The maximum absolute atomic E-state index is 6.04. The third-order valence-corrected chi connectivity index (χ3v) is 2.74. The minimum atomic E-state index is 0.603. The average Bonchev–Trinajstić information content (AvgIpc) is 2.73. The molecule has 17 heavy (non-hydrogen) atoms. The van der Waals surface area contributed by atoms with Gasteiger partial charge in [0.2, 0.25) is 5.89 Å². The van der Waals surface area contributed by atoms with E-state index in [-0.39, 0.29) is 0 Å². The number of aryl methyl sites for hydroxylation is 1. The number of benzene rings is 1. The van der Waals surface area contributed by atoms with E-state index in [0.717, 1.165) is 35.9 Å². The van der Waals surface area contributed by atoms with Crippen molar-refractivity contribution in [1.29, 1.82) is 0 Å². The van der Waals surface area contributed by atoms with Gasteiger partial charge < -0.3 is 9.84 Å². The highest BCUT2D eigenvalue weighted by Crippen LogP contribution is 2.14. The minimum absolute atomic E-state index is 0.603. The number of hydrogen-bond donors (Lipinski definition) is 1. The Bertz CT molecular complexity index is 484. The highest BCUT2D eigenvalue weighted by molar-refractivity contribution is 6.31. The Morgan fingerprint density at radius 2 is 2.18 bits per heavy atom. The monoisotopic (exact) mass is 251 g/mol. The molecule has 1 aromatic heterocycles. The first-order chi connectivity index (χ1) is 8.25. The summed E-state index contributed by atoms with van der Waals surface area (Å²) in [6, 6.07) is 7.80. The molecular formula is C12H14ClN3O. The molecule has 0 saturated heterocycles. The summed E-state index contributed by atoms with van der Waals surface area (Å²) in [7, 11) is 0. The molecular weight excluding hydrogens is 238 g/mol. The van der Waals surface area contributed by atoms with Gasteiger partial charge in [0.15, 0.2) is 5.82 Å². The molecule has 0 bridgehead atoms. The fourth-order valence-corrected chi connectivity index (χ4v) is 1.71. The summed E-state index contributed by atoms with van der Waals surface area (Å²) in [5.41, 5.74) is 1.10. The maximum atomic E-state index is 6.04. The molecule has 90 valence electrons. The van der Waals surface area contributed by atoms with E-state index in [1.54, 1.807) is 6.92 Å². The number of nitrogens with one attached hydrogen (secondary N) is 1. The molecule has 0 aliphatic carbocycles. The largest absolute Gasteiger partial charge is 0.340 e. The van der Waals surface area contributed by atoms with E-state index < -0.39 is 0 Å². The van der Waals surface area contributed by atoms with Gasteiger partial charge in [-0.05, 0) is 11.6 Å². The smallest absolute Gasteiger partial charge is 0.223 e. The van der Waals surface area contributed by atoms with E-state index in [1.807, 2.05) is 24.3 Å². The van der Waals surface area contributed by atoms with E-state index in [0.29, 0.717) is 5.89 Å². The molecule has 0 fully saturated rings. The number of halogens is 1. The molecule has 2 rings (SSSR count). The molecule has 2 aromatic rings. The summed E-state index contributed by atoms with van der Waals surface area (Å²) in [6.45, 7) is 3.33. The summed E-state index contributed by atoms with van der Waals surface area (Å²) < 4.78 is 4.89. The molecule has 0 aliphatic rings. The zero-order chi connectivity index (χ0) is 12.1. The van der Waals surface area contributed by atoms with E-state index in [2.05, 4.69) is 15.5 Å². The Hall–Kier alpha value is -1.39. The van der Waals surface area contributed by atoms with Crippen LogP contribution in [0.3, 0.4) is 0 Å². The molecule has 0 amide bonds. The normalized spacial score (nSPS) is 10.7. The van der Waals surface area contributed by atoms with E-state index >= 15 is 0 Å². The third-order valence-electron chi connectivity index (χ3n) is 2.37. The molecule has 0 radical (unpaired) electrons. The van der Waals surface area contributed by atoms with Crippen molar-refractivity contribution in [2.45, 2.75) is 19.9 Å². The first-order valence-corrected chi connectivity index (χ1v) is 5.87. The van der Waals surface area contributed by atoms with Crippen molar-refractivity contribution in [3.8, 4) is 0 Å². The quantitative estimate of drug-likeness (QED) is 0.829. The van der Waals surface area contributed by atoms with Crippen LogP contribution >= 0.6 is 11.6 Å². The van der Waals surface area contributed by atoms with Crippen LogP contribution in [0.25, 0.3) is 0 Å². The van der Waals surface area contributed by atoms with Gasteiger partial charge in [0.25, 0.3) is 0 Å². The second kappa shape index (κ2) is 5.80. The Balaban J connectivity index is 1.75. The molecule has 1 heterocycles. The van der Waals surface area contributed by atoms with Crippen LogP contribution in [0, 0.1) is 6.92 Å². The van der Waals surface area contributed by atoms with Crippen LogP contribution in [0.1, 0.15) is 17.3 Å². The van der Waals surface area contributed by atoms with Gasteiger partial charge in [-0.15, -0.1) is 0 Å². The average molecular weight is 252 g/mol. The molecule has 0 spiro atoms. The number of rotatable bonds is 5. The Morgan fingerprint density at radius 1 is 1.35 bits per heavy atom. The van der Waals surface area contributed by atoms with E-state index in [4.69, 9.17) is 16.1 Å². The van der Waals surface area contributed by atoms with Crippen LogP contribution in [0.4, 0.5) is 0 Å². The SMILES string of the molecule is Cc1nc(CCNCc2ccccc2Cl)no1. The molecule has 1 N–H and O–H groups in total. The van der Waals surface area contributed by atoms with Crippen molar-refractivity contribution in [1.82, 2.24) is 15.5 Å². The highest BCUT2D eigenvalue weighted by Gasteiger charge is 2.02. The van der Waals surface area contributed by atoms with Gasteiger partial charge in [0.05, 0.1) is 0 Å². The second-order valence-corrected chi connectivity index (χ2v) is 4.16. The highest BCUT2D eigenvalue weighted by atomic mass is 35.5. The summed E-state index contributed by atoms with van der Waals surface area (Å²) in [5, 5.41) is 7.91. The first kappa shape index (κ1) is 12.1. The molecule has 0 unspecified atom stereocenters. The molecule has 5 heteroatoms. The van der Waals surface area contributed by atoms with Crippen LogP contribution in [0.5, 0.6) is 0 Å². The van der Waals surface area contributed by atoms with Crippen molar-refractivity contribution in [3.63, 3.8) is 0 Å². The van der Waals surface area contributed by atoms with Gasteiger partial charge in [0.1, 0.15) is 0 Å². The molecule has 1 aromatic carbocycles. The predicted octanol–water partition coefficient (Wildman–Crippen LogP) is 2.36. The zero-order valence-corrected chi connectivity index (χ0v) is 10.4. The van der Waals surface area contributed by atoms with Crippen molar-refractivity contribution >= 4 is 11.6 Å². The van der Waals surface area contributed by atoms with Crippen LogP contribution in [-0.4, -0.2) is 16.7 Å². The lowest BCUT2D eigenvalue weighted by Crippen LogP contribution is -2.17. The van der Waals surface area contributed by atoms with Crippen molar-refractivity contribution in [2.75, 3.05) is 6.54 Å². The fourth-order valence-electron chi connectivity index (χ4n) is 1.51. The lowest BCUT2D eigenvalue weighted by molar-refractivity contribution is 0.387. The Morgan fingerprint density at radius 3 is 2.88 bits per heavy atom. The Kier molecular flexibility index (Phi) is 4.12. The van der Waals surface area contributed by atoms with Crippen molar-refractivity contribution < 1.29 is 4.52 Å². The summed E-state index contributed by atoms with van der Waals surface area (Å²) in [4.78, 5) is 4.13. The lowest BCUT2D eigenvalue weighted by atomic mass is 10.2. The fraction of sp³-hybridized carbons (Fsp3) is 0.333. The topological polar surface area (TPSA) is 51.0 Å². The van der Waals surface area contributed by atoms with Gasteiger partial charge in [-0.2, -0.15) is 4.98 Å². The maximum Gasteiger partial charge on any atom is 0.223 e. The number of hydrogen-bond acceptors (Lipinski definition) is 4. The second-order valence-electron chi connectivity index (χ2n) is 3.75. The molecule has 0 atom stereocenters. The van der Waals surface area contributed by atoms with Crippen LogP contribution in [0.2, 0.25) is 5.02 Å². The van der Waals surface area contributed by atoms with E-state index in [9.17, 15) is 0 Å². The summed E-state index contributed by atoms with van der Waals surface area (Å²) in [6.07, 6.45) is 0.752. The van der Waals surface area contributed by atoms with Crippen molar-refractivity contribution in [2.24, 2.45) is 0 Å². The minimum Gasteiger partial charge on any atom is -0.340 e. The third kappa shape index (κ3) is 3.54. The molecule has 0 aliphatic heterocycles. The zero-order valence-electron chi connectivity index (χ0n) is 9.61.